The van der Waals surface area contributed by atoms with E-state index in [0.29, 0.717) is 12.0 Å². The van der Waals surface area contributed by atoms with E-state index in [-0.39, 0.29) is 5.91 Å². The SMILES string of the molecule is COC(=O)[C@H](Cc1c(C)cccc1C)NC(=O)c1ccncc1. The van der Waals surface area contributed by atoms with Crippen molar-refractivity contribution >= 4 is 11.9 Å². The molecular formula is C18H20N2O3. The number of hydrogen-bond donors (Lipinski definition) is 1. The molecule has 0 fully saturated rings. The van der Waals surface area contributed by atoms with Gasteiger partial charge in [0.15, 0.2) is 0 Å². The predicted molar refractivity (Wildman–Crippen MR) is 87.1 cm³/mol. The third-order valence-corrected chi connectivity index (χ3v) is 3.79. The first-order valence-corrected chi connectivity index (χ1v) is 7.36. The number of carbonyl (C=O) groups is 2. The van der Waals surface area contributed by atoms with Gasteiger partial charge in [-0.05, 0) is 42.7 Å². The molecule has 120 valence electrons. The molecule has 0 spiro atoms. The molecular weight excluding hydrogens is 292 g/mol. The number of pyridine rings is 1. The molecule has 0 radical (unpaired) electrons. The summed E-state index contributed by atoms with van der Waals surface area (Å²) in [5.41, 5.74) is 3.66. The van der Waals surface area contributed by atoms with E-state index in [1.165, 1.54) is 19.5 Å². The van der Waals surface area contributed by atoms with Gasteiger partial charge < -0.3 is 10.1 Å². The van der Waals surface area contributed by atoms with Crippen LogP contribution in [0.25, 0.3) is 0 Å². The number of aryl methyl sites for hydroxylation is 2. The van der Waals surface area contributed by atoms with Crippen LogP contribution in [0.5, 0.6) is 0 Å². The molecule has 1 amide bonds. The topological polar surface area (TPSA) is 68.3 Å². The van der Waals surface area contributed by atoms with Crippen molar-refractivity contribution in [2.24, 2.45) is 0 Å². The van der Waals surface area contributed by atoms with Crippen molar-refractivity contribution in [3.8, 4) is 0 Å². The van der Waals surface area contributed by atoms with Crippen molar-refractivity contribution in [2.45, 2.75) is 26.3 Å². The Kier molecular flexibility index (Phi) is 5.46. The van der Waals surface area contributed by atoms with Crippen LogP contribution in [0.1, 0.15) is 27.0 Å². The molecule has 23 heavy (non-hydrogen) atoms. The van der Waals surface area contributed by atoms with Crippen LogP contribution in [-0.4, -0.2) is 30.0 Å². The van der Waals surface area contributed by atoms with Gasteiger partial charge in [-0.3, -0.25) is 9.78 Å². The highest BCUT2D eigenvalue weighted by Crippen LogP contribution is 2.16. The molecule has 1 atom stereocenters. The Morgan fingerprint density at radius 1 is 1.13 bits per heavy atom. The van der Waals surface area contributed by atoms with E-state index >= 15 is 0 Å². The van der Waals surface area contributed by atoms with Crippen molar-refractivity contribution in [3.05, 3.63) is 65.0 Å². The fourth-order valence-corrected chi connectivity index (χ4v) is 2.46. The second kappa shape index (κ2) is 7.54. The first-order chi connectivity index (χ1) is 11.0. The van der Waals surface area contributed by atoms with Gasteiger partial charge >= 0.3 is 5.97 Å². The van der Waals surface area contributed by atoms with Gasteiger partial charge in [0.1, 0.15) is 6.04 Å². The van der Waals surface area contributed by atoms with E-state index in [1.54, 1.807) is 12.1 Å². The number of benzene rings is 1. The summed E-state index contributed by atoms with van der Waals surface area (Å²) in [6.45, 7) is 3.97. The maximum absolute atomic E-state index is 12.3. The van der Waals surface area contributed by atoms with Crippen LogP contribution in [0.4, 0.5) is 0 Å². The Bertz CT molecular complexity index is 678. The number of esters is 1. The minimum atomic E-state index is -0.736. The summed E-state index contributed by atoms with van der Waals surface area (Å²) in [5, 5.41) is 2.75. The van der Waals surface area contributed by atoms with Crippen molar-refractivity contribution in [1.29, 1.82) is 0 Å². The third-order valence-electron chi connectivity index (χ3n) is 3.79. The first-order valence-electron chi connectivity index (χ1n) is 7.36. The molecule has 0 saturated heterocycles. The Morgan fingerprint density at radius 3 is 2.30 bits per heavy atom. The van der Waals surface area contributed by atoms with Crippen LogP contribution in [0.2, 0.25) is 0 Å². The van der Waals surface area contributed by atoms with Gasteiger partial charge in [-0.1, -0.05) is 18.2 Å². The van der Waals surface area contributed by atoms with Crippen molar-refractivity contribution < 1.29 is 14.3 Å². The molecule has 2 aromatic rings. The first kappa shape index (κ1) is 16.7. The minimum Gasteiger partial charge on any atom is -0.467 e. The van der Waals surface area contributed by atoms with Gasteiger partial charge in [0.2, 0.25) is 0 Å². The van der Waals surface area contributed by atoms with Gasteiger partial charge in [-0.2, -0.15) is 0 Å². The van der Waals surface area contributed by atoms with Crippen LogP contribution in [-0.2, 0) is 16.0 Å². The Hall–Kier alpha value is -2.69. The number of methoxy groups -OCH3 is 1. The lowest BCUT2D eigenvalue weighted by Gasteiger charge is -2.19. The largest absolute Gasteiger partial charge is 0.467 e. The van der Waals surface area contributed by atoms with E-state index in [9.17, 15) is 9.59 Å². The summed E-state index contributed by atoms with van der Waals surface area (Å²) < 4.78 is 4.84. The van der Waals surface area contributed by atoms with E-state index in [2.05, 4.69) is 10.3 Å². The third kappa shape index (κ3) is 4.16. The summed E-state index contributed by atoms with van der Waals surface area (Å²) >= 11 is 0. The molecule has 0 saturated carbocycles. The maximum Gasteiger partial charge on any atom is 0.328 e. The lowest BCUT2D eigenvalue weighted by Crippen LogP contribution is -2.43. The summed E-state index contributed by atoms with van der Waals surface area (Å²) in [6.07, 6.45) is 3.46. The number of nitrogens with zero attached hydrogens (tertiary/aromatic N) is 1. The number of ether oxygens (including phenoxy) is 1. The van der Waals surface area contributed by atoms with Crippen molar-refractivity contribution in [2.75, 3.05) is 7.11 Å². The molecule has 0 unspecified atom stereocenters. The zero-order chi connectivity index (χ0) is 16.8. The molecule has 0 aliphatic carbocycles. The molecule has 0 bridgehead atoms. The summed E-state index contributed by atoms with van der Waals surface area (Å²) in [6, 6.07) is 8.41. The molecule has 5 nitrogen and oxygen atoms in total. The fourth-order valence-electron chi connectivity index (χ4n) is 2.46. The molecule has 0 aliphatic rings. The summed E-state index contributed by atoms with van der Waals surface area (Å²) in [4.78, 5) is 28.2. The van der Waals surface area contributed by atoms with Gasteiger partial charge in [-0.25, -0.2) is 4.79 Å². The van der Waals surface area contributed by atoms with Crippen molar-refractivity contribution in [1.82, 2.24) is 10.3 Å². The molecule has 1 N–H and O–H groups in total. The van der Waals surface area contributed by atoms with Gasteiger partial charge in [0.25, 0.3) is 5.91 Å². The monoisotopic (exact) mass is 312 g/mol. The van der Waals surface area contributed by atoms with Crippen LogP contribution >= 0.6 is 0 Å². The van der Waals surface area contributed by atoms with E-state index in [0.717, 1.165) is 16.7 Å². The predicted octanol–water partition coefficient (Wildman–Crippen LogP) is 2.21. The molecule has 1 heterocycles. The van der Waals surface area contributed by atoms with Crippen LogP contribution in [0.3, 0.4) is 0 Å². The molecule has 1 aromatic carbocycles. The molecule has 1 aromatic heterocycles. The number of nitrogens with one attached hydrogen (secondary N) is 1. The second-order valence-corrected chi connectivity index (χ2v) is 5.36. The smallest absolute Gasteiger partial charge is 0.328 e. The minimum absolute atomic E-state index is 0.325. The second-order valence-electron chi connectivity index (χ2n) is 5.36. The Labute approximate surface area is 135 Å². The number of carbonyl (C=O) groups excluding carboxylic acids is 2. The lowest BCUT2D eigenvalue weighted by molar-refractivity contribution is -0.142. The van der Waals surface area contributed by atoms with E-state index < -0.39 is 12.0 Å². The standard InChI is InChI=1S/C18H20N2O3/c1-12-5-4-6-13(2)15(12)11-16(18(22)23-3)20-17(21)14-7-9-19-10-8-14/h4-10,16H,11H2,1-3H3,(H,20,21)/t16-/m0/s1. The number of amides is 1. The zero-order valence-electron chi connectivity index (χ0n) is 13.5. The number of aromatic nitrogens is 1. The lowest BCUT2D eigenvalue weighted by atomic mass is 9.96. The van der Waals surface area contributed by atoms with E-state index in [4.69, 9.17) is 4.74 Å². The normalized spacial score (nSPS) is 11.6. The van der Waals surface area contributed by atoms with Gasteiger partial charge in [0.05, 0.1) is 7.11 Å². The fraction of sp³-hybridized carbons (Fsp3) is 0.278. The molecule has 2 rings (SSSR count). The highest BCUT2D eigenvalue weighted by molar-refractivity contribution is 5.96. The molecule has 5 heteroatoms. The highest BCUT2D eigenvalue weighted by Gasteiger charge is 2.23. The number of rotatable bonds is 5. The average molecular weight is 312 g/mol. The van der Waals surface area contributed by atoms with Crippen LogP contribution in [0, 0.1) is 13.8 Å². The Morgan fingerprint density at radius 2 is 1.74 bits per heavy atom. The van der Waals surface area contributed by atoms with Crippen LogP contribution in [0.15, 0.2) is 42.7 Å². The summed E-state index contributed by atoms with van der Waals surface area (Å²) in [5.74, 6) is -0.788. The highest BCUT2D eigenvalue weighted by atomic mass is 16.5. The molecule has 0 aliphatic heterocycles. The Balaban J connectivity index is 2.21. The average Bonchev–Trinajstić information content (AvgIpc) is 2.57. The number of hydrogen-bond acceptors (Lipinski definition) is 4. The maximum atomic E-state index is 12.3. The van der Waals surface area contributed by atoms with E-state index in [1.807, 2.05) is 32.0 Å². The quantitative estimate of drug-likeness (QED) is 0.860. The van der Waals surface area contributed by atoms with Gasteiger partial charge in [-0.15, -0.1) is 0 Å². The van der Waals surface area contributed by atoms with Crippen LogP contribution < -0.4 is 5.32 Å². The zero-order valence-corrected chi connectivity index (χ0v) is 13.5. The van der Waals surface area contributed by atoms with Gasteiger partial charge in [0, 0.05) is 24.4 Å². The summed E-state index contributed by atoms with van der Waals surface area (Å²) in [7, 11) is 1.32. The van der Waals surface area contributed by atoms with Crippen molar-refractivity contribution in [3.63, 3.8) is 0 Å².